The van der Waals surface area contributed by atoms with E-state index in [0.29, 0.717) is 5.92 Å². The summed E-state index contributed by atoms with van der Waals surface area (Å²) in [6.45, 7) is 0.965. The molecular formula is C14H18N2O2. The summed E-state index contributed by atoms with van der Waals surface area (Å²) in [5, 5.41) is 12.9. The first-order valence-electron chi connectivity index (χ1n) is 6.56. The third-order valence-electron chi connectivity index (χ3n) is 3.74. The van der Waals surface area contributed by atoms with Gasteiger partial charge in [0.15, 0.2) is 12.0 Å². The minimum Gasteiger partial charge on any atom is -0.443 e. The van der Waals surface area contributed by atoms with Crippen molar-refractivity contribution in [2.45, 2.75) is 31.8 Å². The Labute approximate surface area is 106 Å². The van der Waals surface area contributed by atoms with Crippen LogP contribution in [0.5, 0.6) is 0 Å². The third kappa shape index (κ3) is 2.48. The first kappa shape index (κ1) is 11.5. The molecule has 4 heteroatoms. The van der Waals surface area contributed by atoms with Gasteiger partial charge in [-0.3, -0.25) is 0 Å². The van der Waals surface area contributed by atoms with Crippen LogP contribution in [0.1, 0.15) is 25.7 Å². The van der Waals surface area contributed by atoms with Crippen LogP contribution >= 0.6 is 0 Å². The summed E-state index contributed by atoms with van der Waals surface area (Å²) in [5.74, 6) is 0.666. The zero-order chi connectivity index (χ0) is 12.4. The molecule has 1 aliphatic carbocycles. The molecule has 1 aromatic carbocycles. The Morgan fingerprint density at radius 1 is 1.28 bits per heavy atom. The van der Waals surface area contributed by atoms with Crippen molar-refractivity contribution in [1.82, 2.24) is 4.98 Å². The number of fused-ring (bicyclic) bond motifs is 1. The van der Waals surface area contributed by atoms with Gasteiger partial charge in [-0.05, 0) is 43.7 Å². The van der Waals surface area contributed by atoms with Crippen LogP contribution in [0.25, 0.3) is 11.1 Å². The molecule has 96 valence electrons. The fraction of sp³-hybridized carbons (Fsp3) is 0.500. The van der Waals surface area contributed by atoms with Gasteiger partial charge in [0.2, 0.25) is 0 Å². The summed E-state index contributed by atoms with van der Waals surface area (Å²) in [6.07, 6.45) is 5.49. The average Bonchev–Trinajstić information content (AvgIpc) is 2.85. The molecule has 2 N–H and O–H groups in total. The maximum Gasteiger partial charge on any atom is 0.181 e. The van der Waals surface area contributed by atoms with Gasteiger partial charge in [-0.1, -0.05) is 0 Å². The quantitative estimate of drug-likeness (QED) is 0.874. The maximum atomic E-state index is 9.47. The number of aliphatic hydroxyl groups excluding tert-OH is 1. The molecule has 0 atom stereocenters. The second-order valence-electron chi connectivity index (χ2n) is 5.09. The molecule has 1 heterocycles. The molecule has 2 aromatic rings. The lowest BCUT2D eigenvalue weighted by atomic mass is 9.87. The molecule has 1 aromatic heterocycles. The van der Waals surface area contributed by atoms with Gasteiger partial charge in [0, 0.05) is 18.3 Å². The fourth-order valence-electron chi connectivity index (χ4n) is 2.58. The monoisotopic (exact) mass is 246 g/mol. The number of aliphatic hydroxyl groups is 1. The Morgan fingerprint density at radius 3 is 2.94 bits per heavy atom. The molecule has 0 spiro atoms. The Bertz CT molecular complexity index is 515. The normalized spacial score (nSPS) is 24.3. The van der Waals surface area contributed by atoms with E-state index in [1.165, 1.54) is 6.39 Å². The molecule has 1 aliphatic rings. The van der Waals surface area contributed by atoms with E-state index in [9.17, 15) is 5.11 Å². The zero-order valence-corrected chi connectivity index (χ0v) is 10.3. The number of aromatic nitrogens is 1. The lowest BCUT2D eigenvalue weighted by Gasteiger charge is -2.25. The van der Waals surface area contributed by atoms with Crippen molar-refractivity contribution in [3.05, 3.63) is 24.6 Å². The molecule has 1 fully saturated rings. The Kier molecular flexibility index (Phi) is 3.19. The predicted molar refractivity (Wildman–Crippen MR) is 70.5 cm³/mol. The molecule has 3 rings (SSSR count). The fourth-order valence-corrected chi connectivity index (χ4v) is 2.58. The summed E-state index contributed by atoms with van der Waals surface area (Å²) >= 11 is 0. The first-order valence-corrected chi connectivity index (χ1v) is 6.56. The van der Waals surface area contributed by atoms with Gasteiger partial charge in [0.05, 0.1) is 6.10 Å². The van der Waals surface area contributed by atoms with Crippen LogP contribution in [0, 0.1) is 5.92 Å². The Morgan fingerprint density at radius 2 is 2.11 bits per heavy atom. The van der Waals surface area contributed by atoms with Crippen LogP contribution < -0.4 is 5.32 Å². The van der Waals surface area contributed by atoms with Crippen molar-refractivity contribution in [2.24, 2.45) is 5.92 Å². The zero-order valence-electron chi connectivity index (χ0n) is 10.3. The molecule has 1 saturated carbocycles. The molecule has 18 heavy (non-hydrogen) atoms. The largest absolute Gasteiger partial charge is 0.443 e. The second kappa shape index (κ2) is 4.98. The van der Waals surface area contributed by atoms with Crippen molar-refractivity contribution in [3.8, 4) is 0 Å². The van der Waals surface area contributed by atoms with Crippen molar-refractivity contribution in [3.63, 3.8) is 0 Å². The number of oxazole rings is 1. The van der Waals surface area contributed by atoms with Gasteiger partial charge in [0.1, 0.15) is 5.52 Å². The highest BCUT2D eigenvalue weighted by molar-refractivity contribution is 5.76. The minimum atomic E-state index is -0.0770. The van der Waals surface area contributed by atoms with Crippen molar-refractivity contribution < 1.29 is 9.52 Å². The number of nitrogens with one attached hydrogen (secondary N) is 1. The molecular weight excluding hydrogens is 228 g/mol. The highest BCUT2D eigenvalue weighted by Crippen LogP contribution is 2.25. The van der Waals surface area contributed by atoms with Gasteiger partial charge in [-0.15, -0.1) is 0 Å². The summed E-state index contributed by atoms with van der Waals surface area (Å²) in [7, 11) is 0. The topological polar surface area (TPSA) is 58.3 Å². The minimum absolute atomic E-state index is 0.0770. The van der Waals surface area contributed by atoms with E-state index in [1.54, 1.807) is 0 Å². The molecule has 0 aliphatic heterocycles. The molecule has 0 radical (unpaired) electrons. The SMILES string of the molecule is OC1CCC(CNc2ccc3ncoc3c2)CC1. The molecule has 0 amide bonds. The Hall–Kier alpha value is -1.55. The summed E-state index contributed by atoms with van der Waals surface area (Å²) in [4.78, 5) is 4.10. The van der Waals surface area contributed by atoms with Gasteiger partial charge < -0.3 is 14.8 Å². The number of nitrogens with zero attached hydrogens (tertiary/aromatic N) is 1. The van der Waals surface area contributed by atoms with Gasteiger partial charge in [0.25, 0.3) is 0 Å². The molecule has 0 bridgehead atoms. The Balaban J connectivity index is 1.59. The molecule has 0 unspecified atom stereocenters. The highest BCUT2D eigenvalue weighted by Gasteiger charge is 2.18. The first-order chi connectivity index (χ1) is 8.81. The van der Waals surface area contributed by atoms with Crippen molar-refractivity contribution >= 4 is 16.8 Å². The van der Waals surface area contributed by atoms with E-state index in [-0.39, 0.29) is 6.10 Å². The number of rotatable bonds is 3. The van der Waals surface area contributed by atoms with Gasteiger partial charge in [-0.2, -0.15) is 0 Å². The third-order valence-corrected chi connectivity index (χ3v) is 3.74. The van der Waals surface area contributed by atoms with E-state index < -0.39 is 0 Å². The van der Waals surface area contributed by atoms with E-state index in [1.807, 2.05) is 18.2 Å². The summed E-state index contributed by atoms with van der Waals surface area (Å²) in [6, 6.07) is 5.98. The smallest absolute Gasteiger partial charge is 0.181 e. The highest BCUT2D eigenvalue weighted by atomic mass is 16.3. The second-order valence-corrected chi connectivity index (χ2v) is 5.09. The lowest BCUT2D eigenvalue weighted by Crippen LogP contribution is -2.23. The van der Waals surface area contributed by atoms with Gasteiger partial charge in [-0.25, -0.2) is 4.98 Å². The van der Waals surface area contributed by atoms with E-state index in [0.717, 1.165) is 49.0 Å². The van der Waals surface area contributed by atoms with Gasteiger partial charge >= 0.3 is 0 Å². The van der Waals surface area contributed by atoms with E-state index in [2.05, 4.69) is 10.3 Å². The van der Waals surface area contributed by atoms with E-state index in [4.69, 9.17) is 4.42 Å². The van der Waals surface area contributed by atoms with Crippen LogP contribution in [0.2, 0.25) is 0 Å². The van der Waals surface area contributed by atoms with Crippen molar-refractivity contribution in [2.75, 3.05) is 11.9 Å². The van der Waals surface area contributed by atoms with Crippen molar-refractivity contribution in [1.29, 1.82) is 0 Å². The lowest BCUT2D eigenvalue weighted by molar-refractivity contribution is 0.111. The van der Waals surface area contributed by atoms with Crippen LogP contribution in [0.15, 0.2) is 29.0 Å². The predicted octanol–water partition coefficient (Wildman–Crippen LogP) is 2.79. The molecule has 0 saturated heterocycles. The summed E-state index contributed by atoms with van der Waals surface area (Å²) in [5.41, 5.74) is 2.78. The maximum absolute atomic E-state index is 9.47. The average molecular weight is 246 g/mol. The standard InChI is InChI=1S/C14H18N2O2/c17-12-4-1-10(2-5-12)8-15-11-3-6-13-14(7-11)18-9-16-13/h3,6-7,9-10,12,15,17H,1-2,4-5,8H2. The summed E-state index contributed by atoms with van der Waals surface area (Å²) < 4.78 is 5.28. The van der Waals surface area contributed by atoms with E-state index >= 15 is 0 Å². The van der Waals surface area contributed by atoms with Crippen LogP contribution in [-0.2, 0) is 0 Å². The van der Waals surface area contributed by atoms with Crippen LogP contribution in [0.4, 0.5) is 5.69 Å². The van der Waals surface area contributed by atoms with Crippen LogP contribution in [-0.4, -0.2) is 22.7 Å². The number of hydrogen-bond donors (Lipinski definition) is 2. The number of anilines is 1. The number of hydrogen-bond acceptors (Lipinski definition) is 4. The molecule has 4 nitrogen and oxygen atoms in total. The van der Waals surface area contributed by atoms with Crippen LogP contribution in [0.3, 0.4) is 0 Å². The number of benzene rings is 1.